The molecule has 0 saturated heterocycles. The molecular weight excluding hydrogens is 431 g/mol. The summed E-state index contributed by atoms with van der Waals surface area (Å²) in [7, 11) is 0. The first-order valence-corrected chi connectivity index (χ1v) is 10.4. The Hall–Kier alpha value is -2.01. The molecule has 0 radical (unpaired) electrons. The number of ketones is 1. The van der Waals surface area contributed by atoms with Gasteiger partial charge in [-0.25, -0.2) is 4.68 Å². The highest BCUT2D eigenvalue weighted by Crippen LogP contribution is 2.33. The Kier molecular flexibility index (Phi) is 6.89. The number of nitrogens with zero attached hydrogens (tertiary/aromatic N) is 2. The van der Waals surface area contributed by atoms with Gasteiger partial charge in [-0.1, -0.05) is 53.9 Å². The molecule has 0 spiro atoms. The fourth-order valence-corrected chi connectivity index (χ4v) is 3.59. The fraction of sp³-hybridized carbons (Fsp3) is 0.273. The lowest BCUT2D eigenvalue weighted by Crippen LogP contribution is -2.10. The molecule has 0 fully saturated rings. The van der Waals surface area contributed by atoms with Crippen molar-refractivity contribution in [3.63, 3.8) is 0 Å². The van der Waals surface area contributed by atoms with Crippen LogP contribution >= 0.6 is 34.8 Å². The molecule has 0 aliphatic rings. The average molecular weight is 452 g/mol. The van der Waals surface area contributed by atoms with Crippen molar-refractivity contribution in [2.75, 3.05) is 0 Å². The predicted octanol–water partition coefficient (Wildman–Crippen LogP) is 6.68. The number of carbonyl (C=O) groups excluding carboxylic acids is 1. The summed E-state index contributed by atoms with van der Waals surface area (Å²) in [6.45, 7) is 6.61. The Morgan fingerprint density at radius 3 is 2.41 bits per heavy atom. The van der Waals surface area contributed by atoms with E-state index in [-0.39, 0.29) is 5.78 Å². The first kappa shape index (κ1) is 21.7. The Morgan fingerprint density at radius 1 is 1.07 bits per heavy atom. The number of carbonyl (C=O) groups is 1. The molecule has 29 heavy (non-hydrogen) atoms. The minimum absolute atomic E-state index is 0.244. The van der Waals surface area contributed by atoms with Crippen LogP contribution in [0.4, 0.5) is 0 Å². The molecule has 0 bridgehead atoms. The molecule has 3 rings (SSSR count). The summed E-state index contributed by atoms with van der Waals surface area (Å²) in [4.78, 5) is 13.3. The number of benzene rings is 2. The molecule has 1 heterocycles. The van der Waals surface area contributed by atoms with Crippen LogP contribution in [0.3, 0.4) is 0 Å². The average Bonchev–Trinajstić information content (AvgIpc) is 3.11. The summed E-state index contributed by atoms with van der Waals surface area (Å²) in [6.07, 6.45) is 2.39. The van der Waals surface area contributed by atoms with Gasteiger partial charge in [0, 0.05) is 22.2 Å². The van der Waals surface area contributed by atoms with Gasteiger partial charge < -0.3 is 4.74 Å². The first-order chi connectivity index (χ1) is 13.8. The second kappa shape index (κ2) is 9.21. The molecule has 4 nitrogen and oxygen atoms in total. The molecule has 1 aromatic heterocycles. The second-order valence-electron chi connectivity index (χ2n) is 6.82. The Labute approximate surface area is 185 Å². The van der Waals surface area contributed by atoms with Crippen LogP contribution in [-0.2, 0) is 13.2 Å². The van der Waals surface area contributed by atoms with E-state index >= 15 is 0 Å². The van der Waals surface area contributed by atoms with Crippen molar-refractivity contribution < 1.29 is 9.53 Å². The minimum atomic E-state index is -0.244. The van der Waals surface area contributed by atoms with E-state index in [0.717, 1.165) is 17.5 Å². The van der Waals surface area contributed by atoms with E-state index in [1.165, 1.54) is 6.20 Å². The molecule has 7 heteroatoms. The summed E-state index contributed by atoms with van der Waals surface area (Å²) in [5.74, 6) is 0.180. The van der Waals surface area contributed by atoms with Crippen molar-refractivity contribution in [3.8, 4) is 5.88 Å². The quantitative estimate of drug-likeness (QED) is 0.376. The van der Waals surface area contributed by atoms with Crippen LogP contribution in [0.5, 0.6) is 5.88 Å². The van der Waals surface area contributed by atoms with Gasteiger partial charge in [-0.05, 0) is 55.2 Å². The van der Waals surface area contributed by atoms with E-state index in [9.17, 15) is 4.79 Å². The third-order valence-electron chi connectivity index (χ3n) is 4.61. The number of aryl methyl sites for hydroxylation is 2. The van der Waals surface area contributed by atoms with Gasteiger partial charge in [0.25, 0.3) is 0 Å². The topological polar surface area (TPSA) is 44.1 Å². The van der Waals surface area contributed by atoms with Crippen molar-refractivity contribution in [1.82, 2.24) is 9.78 Å². The highest BCUT2D eigenvalue weighted by atomic mass is 35.5. The van der Waals surface area contributed by atoms with Crippen LogP contribution < -0.4 is 4.74 Å². The van der Waals surface area contributed by atoms with Crippen LogP contribution in [0.15, 0.2) is 36.5 Å². The molecule has 0 N–H and O–H groups in total. The molecule has 0 amide bonds. The normalized spacial score (nSPS) is 11.0. The summed E-state index contributed by atoms with van der Waals surface area (Å²) in [5, 5.41) is 5.92. The number of rotatable bonds is 7. The van der Waals surface area contributed by atoms with E-state index in [1.54, 1.807) is 29.8 Å². The van der Waals surface area contributed by atoms with Gasteiger partial charge in [-0.3, -0.25) is 4.79 Å². The maximum atomic E-state index is 13.3. The van der Waals surface area contributed by atoms with E-state index in [1.807, 2.05) is 26.0 Å². The Bertz CT molecular complexity index is 1040. The number of aromatic nitrogens is 2. The highest BCUT2D eigenvalue weighted by Gasteiger charge is 2.24. The summed E-state index contributed by atoms with van der Waals surface area (Å²) >= 11 is 18.6. The number of halogens is 3. The van der Waals surface area contributed by atoms with Gasteiger partial charge >= 0.3 is 0 Å². The van der Waals surface area contributed by atoms with Crippen molar-refractivity contribution in [2.45, 2.75) is 40.3 Å². The van der Waals surface area contributed by atoms with Gasteiger partial charge in [-0.15, -0.1) is 0 Å². The summed E-state index contributed by atoms with van der Waals surface area (Å²) in [6, 6.07) is 9.07. The molecule has 0 aliphatic carbocycles. The van der Waals surface area contributed by atoms with Crippen molar-refractivity contribution in [2.24, 2.45) is 0 Å². The predicted molar refractivity (Wildman–Crippen MR) is 118 cm³/mol. The van der Waals surface area contributed by atoms with Crippen molar-refractivity contribution in [1.29, 1.82) is 0 Å². The molecular formula is C22H21Cl3N2O2. The Morgan fingerprint density at radius 2 is 1.76 bits per heavy atom. The van der Waals surface area contributed by atoms with Crippen LogP contribution in [-0.4, -0.2) is 15.6 Å². The molecule has 2 aromatic carbocycles. The molecule has 152 valence electrons. The zero-order valence-electron chi connectivity index (χ0n) is 16.4. The number of hydrogen-bond donors (Lipinski definition) is 0. The second-order valence-corrected chi connectivity index (χ2v) is 8.02. The molecule has 0 atom stereocenters. The number of hydrogen-bond acceptors (Lipinski definition) is 3. The van der Waals surface area contributed by atoms with E-state index in [4.69, 9.17) is 39.5 Å². The summed E-state index contributed by atoms with van der Waals surface area (Å²) < 4.78 is 7.72. The van der Waals surface area contributed by atoms with Gasteiger partial charge in [0.2, 0.25) is 11.7 Å². The Balaban J connectivity index is 1.97. The lowest BCUT2D eigenvalue weighted by Gasteiger charge is -2.13. The zero-order valence-corrected chi connectivity index (χ0v) is 18.7. The third kappa shape index (κ3) is 4.61. The molecule has 0 aliphatic heterocycles. The standard InChI is InChI=1S/C22H21Cl3N2O2/c1-4-9-27-22(29-12-15-5-7-16(23)8-6-15)18(11-26-27)21(28)17-10-13(2)19(24)14(3)20(17)25/h5-8,10-11H,4,9,12H2,1-3H3. The van der Waals surface area contributed by atoms with Crippen LogP contribution in [0.2, 0.25) is 15.1 Å². The first-order valence-electron chi connectivity index (χ1n) is 9.26. The molecule has 0 unspecified atom stereocenters. The maximum Gasteiger partial charge on any atom is 0.223 e. The largest absolute Gasteiger partial charge is 0.472 e. The lowest BCUT2D eigenvalue weighted by molar-refractivity contribution is 0.103. The molecule has 3 aromatic rings. The number of ether oxygens (including phenoxy) is 1. The van der Waals surface area contributed by atoms with E-state index in [0.29, 0.717) is 50.8 Å². The van der Waals surface area contributed by atoms with Crippen molar-refractivity contribution >= 4 is 40.6 Å². The SMILES string of the molecule is CCCn1ncc(C(=O)c2cc(C)c(Cl)c(C)c2Cl)c1OCc1ccc(Cl)cc1. The molecule has 0 saturated carbocycles. The smallest absolute Gasteiger partial charge is 0.223 e. The van der Waals surface area contributed by atoms with Crippen LogP contribution in [0.1, 0.15) is 46.0 Å². The monoisotopic (exact) mass is 450 g/mol. The van der Waals surface area contributed by atoms with E-state index in [2.05, 4.69) is 5.10 Å². The minimum Gasteiger partial charge on any atom is -0.472 e. The lowest BCUT2D eigenvalue weighted by atomic mass is 10.0. The van der Waals surface area contributed by atoms with Gasteiger partial charge in [0.15, 0.2) is 0 Å². The van der Waals surface area contributed by atoms with E-state index < -0.39 is 0 Å². The summed E-state index contributed by atoms with van der Waals surface area (Å²) in [5.41, 5.74) is 3.17. The highest BCUT2D eigenvalue weighted by molar-refractivity contribution is 6.39. The third-order valence-corrected chi connectivity index (χ3v) is 5.93. The maximum absolute atomic E-state index is 13.3. The van der Waals surface area contributed by atoms with Crippen LogP contribution in [0, 0.1) is 13.8 Å². The van der Waals surface area contributed by atoms with Crippen LogP contribution in [0.25, 0.3) is 0 Å². The fourth-order valence-electron chi connectivity index (χ4n) is 3.03. The van der Waals surface area contributed by atoms with Gasteiger partial charge in [0.1, 0.15) is 12.2 Å². The van der Waals surface area contributed by atoms with Crippen molar-refractivity contribution in [3.05, 3.63) is 79.4 Å². The zero-order chi connectivity index (χ0) is 21.1. The van der Waals surface area contributed by atoms with Gasteiger partial charge in [0.05, 0.1) is 11.2 Å². The van der Waals surface area contributed by atoms with Gasteiger partial charge in [-0.2, -0.15) is 5.10 Å².